The number of hydrogen-bond donors (Lipinski definition) is 1. The Labute approximate surface area is 138 Å². The van der Waals surface area contributed by atoms with E-state index in [4.69, 9.17) is 10.5 Å². The van der Waals surface area contributed by atoms with Crippen LogP contribution in [-0.2, 0) is 6.42 Å². The maximum Gasteiger partial charge on any atom is 0.133 e. The molecule has 0 saturated heterocycles. The van der Waals surface area contributed by atoms with E-state index in [1.807, 2.05) is 12.1 Å². The highest BCUT2D eigenvalue weighted by molar-refractivity contribution is 9.10. The van der Waals surface area contributed by atoms with E-state index < -0.39 is 17.7 Å². The number of halogens is 4. The normalized spacial score (nSPS) is 12.3. The minimum Gasteiger partial charge on any atom is -0.496 e. The number of benzene rings is 2. The third-order valence-electron chi connectivity index (χ3n) is 3.09. The van der Waals surface area contributed by atoms with Crippen molar-refractivity contribution in [3.8, 4) is 5.75 Å². The van der Waals surface area contributed by atoms with Crippen LogP contribution in [0.1, 0.15) is 17.2 Å². The van der Waals surface area contributed by atoms with Crippen molar-refractivity contribution in [2.24, 2.45) is 5.73 Å². The van der Waals surface area contributed by atoms with Crippen molar-refractivity contribution in [1.82, 2.24) is 0 Å². The first-order valence-electron chi connectivity index (χ1n) is 6.14. The molecule has 112 valence electrons. The Morgan fingerprint density at radius 2 is 1.76 bits per heavy atom. The molecule has 0 saturated carbocycles. The zero-order chi connectivity index (χ0) is 15.6. The number of nitrogens with two attached hydrogens (primary N) is 1. The van der Waals surface area contributed by atoms with Crippen LogP contribution in [0.3, 0.4) is 0 Å². The van der Waals surface area contributed by atoms with E-state index >= 15 is 0 Å². The fourth-order valence-electron chi connectivity index (χ4n) is 2.10. The van der Waals surface area contributed by atoms with E-state index in [0.717, 1.165) is 10.0 Å². The topological polar surface area (TPSA) is 35.2 Å². The highest BCUT2D eigenvalue weighted by atomic mass is 79.9. The van der Waals surface area contributed by atoms with Gasteiger partial charge >= 0.3 is 0 Å². The van der Waals surface area contributed by atoms with Gasteiger partial charge in [-0.15, -0.1) is 0 Å². The van der Waals surface area contributed by atoms with Crippen LogP contribution >= 0.6 is 31.9 Å². The van der Waals surface area contributed by atoms with Gasteiger partial charge in [0.2, 0.25) is 0 Å². The summed E-state index contributed by atoms with van der Waals surface area (Å²) in [6.45, 7) is 0. The summed E-state index contributed by atoms with van der Waals surface area (Å²) in [5.41, 5.74) is 6.71. The Kier molecular flexibility index (Phi) is 5.35. The van der Waals surface area contributed by atoms with Gasteiger partial charge in [-0.2, -0.15) is 0 Å². The monoisotopic (exact) mass is 419 g/mol. The minimum absolute atomic E-state index is 0.106. The summed E-state index contributed by atoms with van der Waals surface area (Å²) in [4.78, 5) is 0. The van der Waals surface area contributed by atoms with Crippen LogP contribution in [0.15, 0.2) is 39.3 Å². The van der Waals surface area contributed by atoms with Gasteiger partial charge in [0.1, 0.15) is 17.4 Å². The van der Waals surface area contributed by atoms with Crippen LogP contribution in [0.5, 0.6) is 5.75 Å². The number of ether oxygens (including phenoxy) is 1. The maximum atomic E-state index is 13.9. The second kappa shape index (κ2) is 6.85. The van der Waals surface area contributed by atoms with Crippen LogP contribution in [0.2, 0.25) is 0 Å². The number of methoxy groups -OCH3 is 1. The van der Waals surface area contributed by atoms with Crippen molar-refractivity contribution >= 4 is 31.9 Å². The first-order chi connectivity index (χ1) is 9.92. The van der Waals surface area contributed by atoms with Crippen molar-refractivity contribution in [3.63, 3.8) is 0 Å². The fourth-order valence-corrected chi connectivity index (χ4v) is 3.09. The SMILES string of the molecule is COc1ccc(CC(N)c2c(F)cc(Br)cc2F)cc1Br. The summed E-state index contributed by atoms with van der Waals surface area (Å²) in [6, 6.07) is 7.08. The molecule has 2 aromatic carbocycles. The van der Waals surface area contributed by atoms with E-state index in [1.165, 1.54) is 12.1 Å². The van der Waals surface area contributed by atoms with Crippen molar-refractivity contribution in [2.75, 3.05) is 7.11 Å². The molecule has 6 heteroatoms. The van der Waals surface area contributed by atoms with Crippen molar-refractivity contribution in [3.05, 3.63) is 62.0 Å². The van der Waals surface area contributed by atoms with E-state index in [2.05, 4.69) is 31.9 Å². The summed E-state index contributed by atoms with van der Waals surface area (Å²) in [5.74, 6) is -0.614. The molecule has 0 bridgehead atoms. The standard InChI is InChI=1S/C15H13Br2F2NO/c1-21-14-3-2-8(4-10(14)17)5-13(20)15-11(18)6-9(16)7-12(15)19/h2-4,6-7,13H,5,20H2,1H3. The molecule has 0 aliphatic carbocycles. The summed E-state index contributed by atoms with van der Waals surface area (Å²) in [5, 5.41) is 0. The third-order valence-corrected chi connectivity index (χ3v) is 4.16. The lowest BCUT2D eigenvalue weighted by atomic mass is 9.98. The smallest absolute Gasteiger partial charge is 0.133 e. The minimum atomic E-state index is -0.765. The van der Waals surface area contributed by atoms with Crippen LogP contribution < -0.4 is 10.5 Å². The molecule has 0 spiro atoms. The Morgan fingerprint density at radius 3 is 2.29 bits per heavy atom. The van der Waals surface area contributed by atoms with Gasteiger partial charge in [0.05, 0.1) is 11.6 Å². The van der Waals surface area contributed by atoms with Crippen LogP contribution in [0, 0.1) is 11.6 Å². The summed E-state index contributed by atoms with van der Waals surface area (Å²) >= 11 is 6.42. The van der Waals surface area contributed by atoms with E-state index in [0.29, 0.717) is 16.6 Å². The molecule has 0 aromatic heterocycles. The Hall–Kier alpha value is -0.980. The molecular weight excluding hydrogens is 408 g/mol. The number of hydrogen-bond acceptors (Lipinski definition) is 2. The van der Waals surface area contributed by atoms with Crippen molar-refractivity contribution in [1.29, 1.82) is 0 Å². The van der Waals surface area contributed by atoms with Crippen molar-refractivity contribution < 1.29 is 13.5 Å². The van der Waals surface area contributed by atoms with Crippen LogP contribution in [-0.4, -0.2) is 7.11 Å². The van der Waals surface area contributed by atoms with E-state index in [-0.39, 0.29) is 5.56 Å². The molecule has 0 aliphatic heterocycles. The van der Waals surface area contributed by atoms with Gasteiger partial charge in [-0.3, -0.25) is 0 Å². The second-order valence-corrected chi connectivity index (χ2v) is 6.33. The first-order valence-corrected chi connectivity index (χ1v) is 7.73. The van der Waals surface area contributed by atoms with Gasteiger partial charge in [-0.25, -0.2) is 8.78 Å². The zero-order valence-corrected chi connectivity index (χ0v) is 14.3. The van der Waals surface area contributed by atoms with E-state index in [9.17, 15) is 8.78 Å². The predicted molar refractivity (Wildman–Crippen MR) is 85.4 cm³/mol. The molecule has 1 atom stereocenters. The Bertz CT molecular complexity index is 641. The average molecular weight is 421 g/mol. The predicted octanol–water partition coefficient (Wildman–Crippen LogP) is 4.74. The largest absolute Gasteiger partial charge is 0.496 e. The molecule has 0 aliphatic rings. The molecule has 0 amide bonds. The molecule has 21 heavy (non-hydrogen) atoms. The van der Waals surface area contributed by atoms with Gasteiger partial charge in [0.15, 0.2) is 0 Å². The second-order valence-electron chi connectivity index (χ2n) is 4.56. The molecule has 2 N–H and O–H groups in total. The van der Waals surface area contributed by atoms with Crippen LogP contribution in [0.4, 0.5) is 8.78 Å². The molecule has 2 rings (SSSR count). The summed E-state index contributed by atoms with van der Waals surface area (Å²) < 4.78 is 34.0. The maximum absolute atomic E-state index is 13.9. The fraction of sp³-hybridized carbons (Fsp3) is 0.200. The molecular formula is C15H13Br2F2NO. The Morgan fingerprint density at radius 1 is 1.14 bits per heavy atom. The first kappa shape index (κ1) is 16.4. The summed E-state index contributed by atoms with van der Waals surface area (Å²) in [7, 11) is 1.57. The highest BCUT2D eigenvalue weighted by Crippen LogP contribution is 2.29. The zero-order valence-electron chi connectivity index (χ0n) is 11.2. The van der Waals surface area contributed by atoms with Gasteiger partial charge in [0.25, 0.3) is 0 Å². The average Bonchev–Trinajstić information content (AvgIpc) is 2.37. The van der Waals surface area contributed by atoms with Gasteiger partial charge in [0, 0.05) is 16.1 Å². The summed E-state index contributed by atoms with van der Waals surface area (Å²) in [6.07, 6.45) is 0.318. The van der Waals surface area contributed by atoms with Gasteiger partial charge in [-0.1, -0.05) is 22.0 Å². The van der Waals surface area contributed by atoms with E-state index in [1.54, 1.807) is 13.2 Å². The molecule has 2 aromatic rings. The molecule has 1 unspecified atom stereocenters. The highest BCUT2D eigenvalue weighted by Gasteiger charge is 2.18. The Balaban J connectivity index is 2.26. The molecule has 2 nitrogen and oxygen atoms in total. The van der Waals surface area contributed by atoms with Gasteiger partial charge in [-0.05, 0) is 52.2 Å². The lowest BCUT2D eigenvalue weighted by Crippen LogP contribution is -2.17. The third kappa shape index (κ3) is 3.81. The lowest BCUT2D eigenvalue weighted by Gasteiger charge is -2.15. The van der Waals surface area contributed by atoms with Crippen LogP contribution in [0.25, 0.3) is 0 Å². The molecule has 0 heterocycles. The van der Waals surface area contributed by atoms with Crippen molar-refractivity contribution in [2.45, 2.75) is 12.5 Å². The molecule has 0 fully saturated rings. The number of rotatable bonds is 4. The van der Waals surface area contributed by atoms with Gasteiger partial charge < -0.3 is 10.5 Å². The quantitative estimate of drug-likeness (QED) is 0.775. The molecule has 0 radical (unpaired) electrons. The lowest BCUT2D eigenvalue weighted by molar-refractivity contribution is 0.412.